The molecule has 1 heterocycles. The van der Waals surface area contributed by atoms with Crippen molar-refractivity contribution in [3.8, 4) is 0 Å². The molecule has 2 rings (SSSR count). The Bertz CT molecular complexity index is 702. The minimum Gasteiger partial charge on any atom is -0.451 e. The number of esters is 1. The van der Waals surface area contributed by atoms with Gasteiger partial charge in [0.25, 0.3) is 5.91 Å². The maximum absolute atomic E-state index is 13.4. The lowest BCUT2D eigenvalue weighted by Gasteiger charge is -2.07. The van der Waals surface area contributed by atoms with Crippen molar-refractivity contribution in [3.05, 3.63) is 55.9 Å². The summed E-state index contributed by atoms with van der Waals surface area (Å²) in [5.74, 6) is -1.31. The monoisotopic (exact) mass is 385 g/mol. The van der Waals surface area contributed by atoms with Crippen molar-refractivity contribution < 1.29 is 18.7 Å². The van der Waals surface area contributed by atoms with Crippen molar-refractivity contribution in [1.29, 1.82) is 0 Å². The molecule has 116 valence electrons. The molecule has 4 nitrogen and oxygen atoms in total. The molecule has 0 spiro atoms. The zero-order chi connectivity index (χ0) is 16.1. The van der Waals surface area contributed by atoms with Gasteiger partial charge in [0.2, 0.25) is 0 Å². The maximum Gasteiger partial charge on any atom is 0.348 e. The predicted molar refractivity (Wildman–Crippen MR) is 85.3 cm³/mol. The van der Waals surface area contributed by atoms with E-state index < -0.39 is 11.9 Å². The zero-order valence-electron chi connectivity index (χ0n) is 11.7. The summed E-state index contributed by atoms with van der Waals surface area (Å²) in [6, 6.07) is 8.08. The highest BCUT2D eigenvalue weighted by Gasteiger charge is 2.12. The Balaban J connectivity index is 1.78. The van der Waals surface area contributed by atoms with Gasteiger partial charge in [0.1, 0.15) is 10.7 Å². The highest BCUT2D eigenvalue weighted by Crippen LogP contribution is 2.22. The van der Waals surface area contributed by atoms with E-state index in [0.29, 0.717) is 16.0 Å². The third kappa shape index (κ3) is 4.64. The van der Waals surface area contributed by atoms with Gasteiger partial charge >= 0.3 is 5.97 Å². The summed E-state index contributed by atoms with van der Waals surface area (Å²) in [7, 11) is 0. The fraction of sp³-hybridized carbons (Fsp3) is 0.200. The molecule has 0 radical (unpaired) electrons. The number of hydrogen-bond acceptors (Lipinski definition) is 4. The average Bonchev–Trinajstić information content (AvgIpc) is 2.92. The molecule has 0 unspecified atom stereocenters. The van der Waals surface area contributed by atoms with Crippen LogP contribution in [0.4, 0.5) is 4.39 Å². The number of aryl methyl sites for hydroxylation is 1. The van der Waals surface area contributed by atoms with Gasteiger partial charge in [-0.1, -0.05) is 12.1 Å². The second-order valence-electron chi connectivity index (χ2n) is 4.54. The highest BCUT2D eigenvalue weighted by molar-refractivity contribution is 9.11. The van der Waals surface area contributed by atoms with Gasteiger partial charge in [0.05, 0.1) is 3.79 Å². The minimum absolute atomic E-state index is 0.179. The summed E-state index contributed by atoms with van der Waals surface area (Å²) >= 11 is 4.47. The van der Waals surface area contributed by atoms with Crippen LogP contribution in [0.2, 0.25) is 0 Å². The zero-order valence-corrected chi connectivity index (χ0v) is 14.1. The van der Waals surface area contributed by atoms with Crippen molar-refractivity contribution in [2.45, 2.75) is 13.5 Å². The summed E-state index contributed by atoms with van der Waals surface area (Å²) in [4.78, 5) is 23.7. The third-order valence-corrected chi connectivity index (χ3v) is 4.44. The van der Waals surface area contributed by atoms with Crippen LogP contribution in [0.3, 0.4) is 0 Å². The molecule has 7 heteroatoms. The van der Waals surface area contributed by atoms with E-state index in [1.54, 1.807) is 31.2 Å². The van der Waals surface area contributed by atoms with E-state index in [1.165, 1.54) is 17.4 Å². The number of ether oxygens (including phenoxy) is 1. The van der Waals surface area contributed by atoms with Gasteiger partial charge in [0, 0.05) is 6.54 Å². The lowest BCUT2D eigenvalue weighted by Crippen LogP contribution is -2.28. The van der Waals surface area contributed by atoms with Crippen molar-refractivity contribution >= 4 is 39.1 Å². The van der Waals surface area contributed by atoms with Gasteiger partial charge in [-0.15, -0.1) is 11.3 Å². The Morgan fingerprint density at radius 1 is 1.32 bits per heavy atom. The van der Waals surface area contributed by atoms with Crippen molar-refractivity contribution in [2.75, 3.05) is 6.61 Å². The van der Waals surface area contributed by atoms with Crippen LogP contribution < -0.4 is 5.32 Å². The molecular weight excluding hydrogens is 373 g/mol. The highest BCUT2D eigenvalue weighted by atomic mass is 79.9. The lowest BCUT2D eigenvalue weighted by molar-refractivity contribution is -0.124. The predicted octanol–water partition coefficient (Wildman–Crippen LogP) is 3.43. The van der Waals surface area contributed by atoms with E-state index in [1.807, 2.05) is 0 Å². The maximum atomic E-state index is 13.4. The van der Waals surface area contributed by atoms with E-state index >= 15 is 0 Å². The van der Waals surface area contributed by atoms with Crippen LogP contribution in [0, 0.1) is 12.7 Å². The molecule has 0 fully saturated rings. The van der Waals surface area contributed by atoms with Gasteiger partial charge in [-0.05, 0) is 52.2 Å². The molecule has 0 bridgehead atoms. The smallest absolute Gasteiger partial charge is 0.348 e. The van der Waals surface area contributed by atoms with Crippen LogP contribution in [-0.2, 0) is 16.1 Å². The first kappa shape index (κ1) is 16.6. The van der Waals surface area contributed by atoms with E-state index in [9.17, 15) is 14.0 Å². The summed E-state index contributed by atoms with van der Waals surface area (Å²) in [6.07, 6.45) is 0. The van der Waals surface area contributed by atoms with Gasteiger partial charge in [-0.2, -0.15) is 0 Å². The molecule has 0 saturated carbocycles. The fourth-order valence-electron chi connectivity index (χ4n) is 1.62. The Labute approximate surface area is 139 Å². The second kappa shape index (κ2) is 7.51. The van der Waals surface area contributed by atoms with Crippen LogP contribution >= 0.6 is 27.3 Å². The van der Waals surface area contributed by atoms with E-state index in [2.05, 4.69) is 21.2 Å². The first-order chi connectivity index (χ1) is 10.5. The van der Waals surface area contributed by atoms with Crippen LogP contribution in [0.1, 0.15) is 20.8 Å². The molecule has 1 aromatic carbocycles. The first-order valence-corrected chi connectivity index (χ1v) is 8.01. The van der Waals surface area contributed by atoms with Crippen LogP contribution in [0.15, 0.2) is 34.1 Å². The number of amides is 1. The van der Waals surface area contributed by atoms with Crippen LogP contribution in [0.25, 0.3) is 0 Å². The molecule has 0 aliphatic heterocycles. The number of thiophene rings is 1. The molecule has 0 aliphatic carbocycles. The second-order valence-corrected chi connectivity index (χ2v) is 7.00. The van der Waals surface area contributed by atoms with Crippen LogP contribution in [0.5, 0.6) is 0 Å². The summed E-state index contributed by atoms with van der Waals surface area (Å²) in [5.41, 5.74) is 1.19. The Hall–Kier alpha value is -1.73. The molecular formula is C15H13BrFNO3S. The number of rotatable bonds is 5. The summed E-state index contributed by atoms with van der Waals surface area (Å²) in [6.45, 7) is 1.47. The molecule has 2 aromatic rings. The fourth-order valence-corrected chi connectivity index (χ4v) is 2.90. The largest absolute Gasteiger partial charge is 0.451 e. The topological polar surface area (TPSA) is 55.4 Å². The van der Waals surface area contributed by atoms with E-state index in [4.69, 9.17) is 4.74 Å². The SMILES string of the molecule is Cc1ccc(CNC(=O)COC(=O)c2ccc(Br)s2)cc1F. The number of hydrogen-bond donors (Lipinski definition) is 1. The molecule has 0 aliphatic rings. The third-order valence-electron chi connectivity index (χ3n) is 2.83. The lowest BCUT2D eigenvalue weighted by atomic mass is 10.1. The molecule has 22 heavy (non-hydrogen) atoms. The quantitative estimate of drug-likeness (QED) is 0.802. The molecule has 0 atom stereocenters. The van der Waals surface area contributed by atoms with Gasteiger partial charge < -0.3 is 10.1 Å². The normalized spacial score (nSPS) is 10.3. The van der Waals surface area contributed by atoms with Gasteiger partial charge in [0.15, 0.2) is 6.61 Å². The number of carbonyl (C=O) groups excluding carboxylic acids is 2. The Kier molecular flexibility index (Phi) is 5.68. The van der Waals surface area contributed by atoms with Crippen LogP contribution in [-0.4, -0.2) is 18.5 Å². The minimum atomic E-state index is -0.549. The van der Waals surface area contributed by atoms with E-state index in [0.717, 1.165) is 3.79 Å². The summed E-state index contributed by atoms with van der Waals surface area (Å²) < 4.78 is 19.1. The molecule has 0 saturated heterocycles. The average molecular weight is 386 g/mol. The van der Waals surface area contributed by atoms with E-state index in [-0.39, 0.29) is 19.0 Å². The number of benzene rings is 1. The standard InChI is InChI=1S/C15H13BrFNO3S/c1-9-2-3-10(6-11(9)17)7-18-14(19)8-21-15(20)12-4-5-13(16)22-12/h2-6H,7-8H2,1H3,(H,18,19). The number of carbonyl (C=O) groups is 2. The molecule has 1 aromatic heterocycles. The van der Waals surface area contributed by atoms with Crippen molar-refractivity contribution in [2.24, 2.45) is 0 Å². The molecule has 1 amide bonds. The first-order valence-electron chi connectivity index (χ1n) is 6.40. The Morgan fingerprint density at radius 3 is 2.73 bits per heavy atom. The summed E-state index contributed by atoms with van der Waals surface area (Å²) in [5, 5.41) is 2.57. The Morgan fingerprint density at radius 2 is 2.09 bits per heavy atom. The van der Waals surface area contributed by atoms with Crippen molar-refractivity contribution in [1.82, 2.24) is 5.32 Å². The molecule has 1 N–H and O–H groups in total. The van der Waals surface area contributed by atoms with Gasteiger partial charge in [-0.3, -0.25) is 4.79 Å². The van der Waals surface area contributed by atoms with Crippen molar-refractivity contribution in [3.63, 3.8) is 0 Å². The number of halogens is 2. The number of nitrogens with one attached hydrogen (secondary N) is 1. The van der Waals surface area contributed by atoms with Gasteiger partial charge in [-0.25, -0.2) is 9.18 Å².